The molecule has 0 unspecified atom stereocenters. The Morgan fingerprint density at radius 1 is 1.27 bits per heavy atom. The van der Waals surface area contributed by atoms with Crippen LogP contribution in [0.25, 0.3) is 0 Å². The van der Waals surface area contributed by atoms with Crippen molar-refractivity contribution in [2.24, 2.45) is 26.1 Å². The average Bonchev–Trinajstić information content (AvgIpc) is 2.22. The van der Waals surface area contributed by atoms with Crippen LogP contribution in [0.15, 0.2) is 20.4 Å². The number of hydrogen-bond acceptors (Lipinski definition) is 7. The predicted molar refractivity (Wildman–Crippen MR) is 64.7 cm³/mol. The molecule has 0 atom stereocenters. The molecule has 3 N–H and O–H groups in total. The fourth-order valence-electron chi connectivity index (χ4n) is 0.334. The second-order valence-electron chi connectivity index (χ2n) is 1.88. The second kappa shape index (κ2) is 11.5. The Morgan fingerprint density at radius 2 is 1.80 bits per heavy atom. The Balaban J connectivity index is 0. The second-order valence-corrected chi connectivity index (χ2v) is 2.74. The van der Waals surface area contributed by atoms with Crippen molar-refractivity contribution in [2.75, 3.05) is 13.6 Å². The van der Waals surface area contributed by atoms with E-state index in [0.717, 1.165) is 0 Å². The number of hydrogen-bond donors (Lipinski definition) is 2. The smallest absolute Gasteiger partial charge is 0.761 e. The van der Waals surface area contributed by atoms with Gasteiger partial charge in [-0.25, -0.2) is 0 Å². The summed E-state index contributed by atoms with van der Waals surface area (Å²) in [6, 6.07) is 0. The topological polar surface area (TPSA) is 87.5 Å². The van der Waals surface area contributed by atoms with Gasteiger partial charge in [0, 0.05) is 13.6 Å². The maximum Gasteiger partial charge on any atom is 2.00 e. The molecule has 0 spiro atoms. The van der Waals surface area contributed by atoms with Crippen LogP contribution in [0.3, 0.4) is 0 Å². The van der Waals surface area contributed by atoms with E-state index < -0.39 is 0 Å². The number of amidine groups is 1. The van der Waals surface area contributed by atoms with Gasteiger partial charge in [0.2, 0.25) is 0 Å². The zero-order valence-electron chi connectivity index (χ0n) is 7.85. The summed E-state index contributed by atoms with van der Waals surface area (Å²) in [5.74, 6) is 0. The molecule has 0 aromatic carbocycles. The Labute approximate surface area is 110 Å². The molecule has 1 radical (unpaired) electrons. The van der Waals surface area contributed by atoms with E-state index in [9.17, 15) is 0 Å². The molecule has 6 nitrogen and oxygen atoms in total. The van der Waals surface area contributed by atoms with E-state index in [0.29, 0.717) is 10.2 Å². The first-order valence-corrected chi connectivity index (χ1v) is 4.43. The summed E-state index contributed by atoms with van der Waals surface area (Å²) in [5, 5.41) is 17.6. The third-order valence-electron chi connectivity index (χ3n) is 0.906. The van der Waals surface area contributed by atoms with E-state index in [1.54, 1.807) is 7.05 Å². The molecule has 87 valence electrons. The molecule has 0 saturated heterocycles. The monoisotopic (exact) mass is 293 g/mol. The molecule has 9 heteroatoms. The quantitative estimate of drug-likeness (QED) is 0.228. The molecule has 0 aromatic heterocycles. The van der Waals surface area contributed by atoms with Crippen LogP contribution in [0.2, 0.25) is 0 Å². The molecule has 15 heavy (non-hydrogen) atoms. The molecule has 0 saturated carbocycles. The molecule has 0 aliphatic heterocycles. The minimum atomic E-state index is 0. The van der Waals surface area contributed by atoms with Crippen LogP contribution < -0.4 is 11.1 Å². The average molecular weight is 294 g/mol. The number of nitrogens with zero attached hydrogens (tertiary/aromatic N) is 4. The summed E-state index contributed by atoms with van der Waals surface area (Å²) in [5.41, 5.74) is 5.18. The van der Waals surface area contributed by atoms with Gasteiger partial charge >= 0.3 is 17.1 Å². The number of rotatable bonds is 4. The zero-order valence-corrected chi connectivity index (χ0v) is 10.4. The largest absolute Gasteiger partial charge is 2.00 e. The van der Waals surface area contributed by atoms with Crippen LogP contribution in [0.4, 0.5) is 0 Å². The van der Waals surface area contributed by atoms with Gasteiger partial charge in [-0.2, -0.15) is 20.4 Å². The SMILES string of the molecule is CN/C([S-])=N/N=C/C=N/N=C(\[S-])CN.[Cu+2]. The van der Waals surface area contributed by atoms with E-state index in [-0.39, 0.29) is 23.6 Å². The van der Waals surface area contributed by atoms with E-state index in [1.165, 1.54) is 12.4 Å². The minimum absolute atomic E-state index is 0. The van der Waals surface area contributed by atoms with Gasteiger partial charge in [-0.15, -0.1) is 0 Å². The van der Waals surface area contributed by atoms with Gasteiger partial charge in [-0.05, 0) is 5.17 Å². The van der Waals surface area contributed by atoms with E-state index in [2.05, 4.69) is 38.4 Å². The van der Waals surface area contributed by atoms with E-state index >= 15 is 0 Å². The standard InChI is InChI=1S/C6H12N6S2.Cu/c1-8-6(14)12-10-3-2-9-11-5(13)4-7;/h2-3H,4,7H2,1H3,(H,11,13)(H2,8,12,14);/q;+2/p-2/b9-2+,10-3+;. The predicted octanol–water partition coefficient (Wildman–Crippen LogP) is -1.02. The molecule has 0 aromatic rings. The van der Waals surface area contributed by atoms with Gasteiger partial charge in [-0.3, -0.25) is 0 Å². The molecule has 0 amide bonds. The van der Waals surface area contributed by atoms with Crippen molar-refractivity contribution in [2.45, 2.75) is 0 Å². The molecular formula is C6H10CuN6S2. The Morgan fingerprint density at radius 3 is 2.27 bits per heavy atom. The summed E-state index contributed by atoms with van der Waals surface area (Å²) < 4.78 is 0. The van der Waals surface area contributed by atoms with Crippen molar-refractivity contribution in [3.63, 3.8) is 0 Å². The molecule has 0 bridgehead atoms. The maximum atomic E-state index is 5.18. The third-order valence-corrected chi connectivity index (χ3v) is 1.44. The fraction of sp³-hybridized carbons (Fsp3) is 0.333. The summed E-state index contributed by atoms with van der Waals surface area (Å²) in [6.45, 7) is 0.206. The van der Waals surface area contributed by atoms with Crippen molar-refractivity contribution >= 4 is 47.9 Å². The van der Waals surface area contributed by atoms with Gasteiger partial charge in [0.25, 0.3) is 0 Å². The fourth-order valence-corrected chi connectivity index (χ4v) is 0.428. The molecule has 0 rings (SSSR count). The van der Waals surface area contributed by atoms with E-state index in [4.69, 9.17) is 18.4 Å². The Kier molecular flexibility index (Phi) is 12.9. The maximum absolute atomic E-state index is 5.18. The zero-order chi connectivity index (χ0) is 10.8. The van der Waals surface area contributed by atoms with Crippen LogP contribution in [-0.2, 0) is 42.3 Å². The van der Waals surface area contributed by atoms with Crippen molar-refractivity contribution in [3.8, 4) is 0 Å². The van der Waals surface area contributed by atoms with Crippen LogP contribution >= 0.6 is 0 Å². The van der Waals surface area contributed by atoms with Gasteiger partial charge in [-0.1, -0.05) is 5.04 Å². The first-order valence-electron chi connectivity index (χ1n) is 3.62. The number of nitrogens with one attached hydrogen (secondary N) is 1. The summed E-state index contributed by atoms with van der Waals surface area (Å²) in [6.07, 6.45) is 2.68. The first kappa shape index (κ1) is 16.8. The minimum Gasteiger partial charge on any atom is -0.761 e. The molecular weight excluding hydrogens is 284 g/mol. The normalized spacial score (nSPS) is 13.2. The van der Waals surface area contributed by atoms with Crippen LogP contribution in [0.5, 0.6) is 0 Å². The van der Waals surface area contributed by atoms with Crippen molar-refractivity contribution in [3.05, 3.63) is 0 Å². The molecule has 0 aliphatic carbocycles. The summed E-state index contributed by atoms with van der Waals surface area (Å²) >= 11 is 9.39. The Bertz CT molecular complexity index is 247. The molecule has 0 heterocycles. The van der Waals surface area contributed by atoms with Crippen molar-refractivity contribution in [1.82, 2.24) is 5.32 Å². The van der Waals surface area contributed by atoms with Crippen LogP contribution in [0.1, 0.15) is 0 Å². The van der Waals surface area contributed by atoms with Crippen LogP contribution in [-0.4, -0.2) is 36.2 Å². The first-order chi connectivity index (χ1) is 6.70. The van der Waals surface area contributed by atoms with Gasteiger partial charge < -0.3 is 36.3 Å². The molecule has 0 aliphatic rings. The Hall–Kier alpha value is -0.601. The van der Waals surface area contributed by atoms with E-state index in [1.807, 2.05) is 0 Å². The van der Waals surface area contributed by atoms with Gasteiger partial charge in [0.15, 0.2) is 0 Å². The van der Waals surface area contributed by atoms with Crippen molar-refractivity contribution in [1.29, 1.82) is 0 Å². The van der Waals surface area contributed by atoms with Crippen LogP contribution in [0, 0.1) is 0 Å². The summed E-state index contributed by atoms with van der Waals surface area (Å²) in [4.78, 5) is 0. The summed E-state index contributed by atoms with van der Waals surface area (Å²) in [7, 11) is 1.66. The number of nitrogens with two attached hydrogens (primary N) is 1. The van der Waals surface area contributed by atoms with Gasteiger partial charge in [0.05, 0.1) is 12.4 Å². The van der Waals surface area contributed by atoms with Gasteiger partial charge in [0.1, 0.15) is 0 Å². The third kappa shape index (κ3) is 11.3. The molecule has 0 fully saturated rings. The van der Waals surface area contributed by atoms with Crippen molar-refractivity contribution < 1.29 is 17.1 Å².